The zero-order valence-electron chi connectivity index (χ0n) is 83.5. The minimum atomic E-state index is -4.95. The average molecular weight is 1870 g/mol. The summed E-state index contributed by atoms with van der Waals surface area (Å²) in [4.78, 5) is 59.3. The number of phosphoric acid groups is 2. The molecule has 131 heavy (non-hydrogen) atoms. The third kappa shape index (κ3) is 105. The van der Waals surface area contributed by atoms with Gasteiger partial charge in [0.05, 0.1) is 26.4 Å². The number of esters is 3. The van der Waals surface area contributed by atoms with Gasteiger partial charge in [0.2, 0.25) is 0 Å². The highest BCUT2D eigenvalue weighted by atomic mass is 31.2. The molecule has 16 nitrogen and oxygen atoms in total. The third-order valence-electron chi connectivity index (χ3n) is 22.6. The molecule has 0 aromatic heterocycles. The zero-order valence-corrected chi connectivity index (χ0v) is 85.2. The summed E-state index contributed by atoms with van der Waals surface area (Å²) < 4.78 is 61.8. The molecule has 0 spiro atoms. The molecule has 18 heteroatoms. The molecule has 5 unspecified atom stereocenters. The number of aliphatic hydroxyl groups is 2. The maximum absolute atomic E-state index is 13.1. The Morgan fingerprint density at radius 2 is 0.405 bits per heavy atom. The molecule has 0 rings (SSSR count). The first-order chi connectivity index (χ1) is 64.2. The SMILES string of the molecule is CC/C=C\C/C=C\C/C=C\C/C=C\C/C=C\C/C=C\CCCCCCCCCCCCC(=O)OC(COC(=O)CCCCCCCCCCCCCCCCC/C=C\C/C=C\C/C=C\C/C=C\CCCCC)COP(=O)(O)OCC(O)COP(=O)(O)OCC(O)COC(=O)CCCCCCCCCCCCCCCCCCCCC/C=C\C/C=C\C/C=C\C/C=C\C/C=C\CC. The topological polar surface area (TPSA) is 231 Å². The Bertz CT molecular complexity index is 3110. The van der Waals surface area contributed by atoms with Gasteiger partial charge in [0.25, 0.3) is 0 Å². The molecule has 0 aromatic rings. The van der Waals surface area contributed by atoms with E-state index in [9.17, 15) is 43.5 Å². The maximum atomic E-state index is 13.1. The zero-order chi connectivity index (χ0) is 95.0. The molecule has 0 bridgehead atoms. The van der Waals surface area contributed by atoms with E-state index in [1.54, 1.807) is 0 Å². The number of hydrogen-bond donors (Lipinski definition) is 4. The lowest BCUT2D eigenvalue weighted by Gasteiger charge is -2.21. The van der Waals surface area contributed by atoms with E-state index >= 15 is 0 Å². The summed E-state index contributed by atoms with van der Waals surface area (Å²) in [6.07, 6.45) is 138. The molecule has 4 N–H and O–H groups in total. The van der Waals surface area contributed by atoms with Crippen LogP contribution >= 0.6 is 15.6 Å². The molecule has 0 saturated carbocycles. The largest absolute Gasteiger partial charge is 0.472 e. The number of unbranched alkanes of at least 4 members (excludes halogenated alkanes) is 47. The fourth-order valence-electron chi connectivity index (χ4n) is 14.7. The van der Waals surface area contributed by atoms with Crippen molar-refractivity contribution >= 4 is 33.6 Å². The summed E-state index contributed by atoms with van der Waals surface area (Å²) in [7, 11) is -9.82. The molecule has 0 radical (unpaired) electrons. The number of aliphatic hydroxyl groups excluding tert-OH is 2. The second-order valence-corrected chi connectivity index (χ2v) is 38.2. The van der Waals surface area contributed by atoms with Crippen molar-refractivity contribution in [2.45, 2.75) is 476 Å². The predicted molar refractivity (Wildman–Crippen MR) is 555 cm³/mol. The molecule has 0 aliphatic heterocycles. The van der Waals surface area contributed by atoms with Crippen molar-refractivity contribution in [1.29, 1.82) is 0 Å². The summed E-state index contributed by atoms with van der Waals surface area (Å²) in [6, 6.07) is 0. The van der Waals surface area contributed by atoms with Crippen molar-refractivity contribution < 1.29 is 75.8 Å². The van der Waals surface area contributed by atoms with Crippen LogP contribution in [-0.2, 0) is 55.8 Å². The highest BCUT2D eigenvalue weighted by molar-refractivity contribution is 7.47. The highest BCUT2D eigenvalue weighted by Gasteiger charge is 2.30. The van der Waals surface area contributed by atoms with Crippen molar-refractivity contribution in [3.63, 3.8) is 0 Å². The Morgan fingerprint density at radius 3 is 0.641 bits per heavy atom. The molecule has 0 aliphatic rings. The summed E-state index contributed by atoms with van der Waals surface area (Å²) in [5.74, 6) is -1.56. The lowest BCUT2D eigenvalue weighted by atomic mass is 10.0. The third-order valence-corrected chi connectivity index (χ3v) is 24.5. The lowest BCUT2D eigenvalue weighted by Crippen LogP contribution is -2.30. The van der Waals surface area contributed by atoms with Crippen molar-refractivity contribution in [2.24, 2.45) is 0 Å². The van der Waals surface area contributed by atoms with Crippen molar-refractivity contribution in [1.82, 2.24) is 0 Å². The second-order valence-electron chi connectivity index (χ2n) is 35.3. The molecular formula is C113H194O16P2. The van der Waals surface area contributed by atoms with E-state index in [1.807, 2.05) is 0 Å². The van der Waals surface area contributed by atoms with Crippen molar-refractivity contribution in [3.05, 3.63) is 182 Å². The van der Waals surface area contributed by atoms with E-state index in [0.717, 1.165) is 161 Å². The van der Waals surface area contributed by atoms with Gasteiger partial charge in [-0.2, -0.15) is 0 Å². The Morgan fingerprint density at radius 1 is 0.221 bits per heavy atom. The van der Waals surface area contributed by atoms with Gasteiger partial charge in [-0.3, -0.25) is 32.5 Å². The van der Waals surface area contributed by atoms with Crippen LogP contribution in [0.15, 0.2) is 182 Å². The fraction of sp³-hybridized carbons (Fsp3) is 0.708. The summed E-state index contributed by atoms with van der Waals surface area (Å²) >= 11 is 0. The normalized spacial score (nSPS) is 14.3. The van der Waals surface area contributed by atoms with Crippen LogP contribution < -0.4 is 0 Å². The molecule has 0 saturated heterocycles. The van der Waals surface area contributed by atoms with E-state index in [-0.39, 0.29) is 19.3 Å². The summed E-state index contributed by atoms with van der Waals surface area (Å²) in [6.45, 7) is 2.50. The van der Waals surface area contributed by atoms with Crippen molar-refractivity contribution in [2.75, 3.05) is 39.6 Å². The molecule has 0 heterocycles. The van der Waals surface area contributed by atoms with E-state index in [1.165, 1.54) is 238 Å². The minimum Gasteiger partial charge on any atom is -0.463 e. The highest BCUT2D eigenvalue weighted by Crippen LogP contribution is 2.45. The smallest absolute Gasteiger partial charge is 0.463 e. The van der Waals surface area contributed by atoms with Crippen LogP contribution in [0.1, 0.15) is 457 Å². The number of rotatable bonds is 100. The van der Waals surface area contributed by atoms with E-state index in [2.05, 4.69) is 203 Å². The second kappa shape index (κ2) is 104. The Labute approximate surface area is 802 Å². The van der Waals surface area contributed by atoms with Crippen LogP contribution in [0.25, 0.3) is 0 Å². The van der Waals surface area contributed by atoms with Gasteiger partial charge in [-0.25, -0.2) is 9.13 Å². The van der Waals surface area contributed by atoms with Gasteiger partial charge in [-0.1, -0.05) is 460 Å². The van der Waals surface area contributed by atoms with Crippen LogP contribution in [0.5, 0.6) is 0 Å². The Balaban J connectivity index is 4.60. The number of carbonyl (C=O) groups excluding carboxylic acids is 3. The van der Waals surface area contributed by atoms with Gasteiger partial charge in [0.1, 0.15) is 25.4 Å². The van der Waals surface area contributed by atoms with Gasteiger partial charge < -0.3 is 34.2 Å². The van der Waals surface area contributed by atoms with E-state index < -0.39 is 91.5 Å². The maximum Gasteiger partial charge on any atom is 0.472 e. The van der Waals surface area contributed by atoms with Gasteiger partial charge in [0.15, 0.2) is 6.10 Å². The van der Waals surface area contributed by atoms with Crippen LogP contribution in [0.2, 0.25) is 0 Å². The molecule has 0 aromatic carbocycles. The Hall–Kier alpha value is -5.35. The molecule has 5 atom stereocenters. The van der Waals surface area contributed by atoms with E-state index in [4.69, 9.17) is 32.3 Å². The Kier molecular flexibility index (Phi) is 99.3. The van der Waals surface area contributed by atoms with Gasteiger partial charge >= 0.3 is 33.6 Å². The molecule has 0 amide bonds. The first-order valence-electron chi connectivity index (χ1n) is 53.1. The van der Waals surface area contributed by atoms with E-state index in [0.29, 0.717) is 19.3 Å². The predicted octanol–water partition coefficient (Wildman–Crippen LogP) is 33.9. The van der Waals surface area contributed by atoms with Crippen LogP contribution in [0.4, 0.5) is 0 Å². The first kappa shape index (κ1) is 126. The summed E-state index contributed by atoms with van der Waals surface area (Å²) in [5.41, 5.74) is 0. The number of carbonyl (C=O) groups is 3. The monoisotopic (exact) mass is 1870 g/mol. The van der Waals surface area contributed by atoms with Gasteiger partial charge in [-0.15, -0.1) is 0 Å². The standard InChI is InChI=1S/C113H194O16P2/c1-4-7-10-13-16-19-22-25-28-31-34-37-40-43-46-49-51-52-53-54-56-59-60-63-66-69-72-75-78-81-84-87-90-93-96-99-111(116)123-102-108(114)103-125-130(119,120)126-104-109(115)105-127-131(121,122)128-107-110(129-113(118)101-98-95-92-89-86-83-80-77-74-71-68-65-62-57-48-45-42-39-36-33-30-27-24-21-18-15-12-9-6-3)106-124-112(117)100-97-94-91-88-85-82-79-76-73-70-67-64-61-58-55-50-47-44-41-38-35-32-29-26-23-20-17-14-11-8-5-2/h7,9-10,12,16-21,25-30,34-39,43-48,62,65,108-110,114-115H,4-6,8,11,13-15,22-24,31-33,40-42,49-61,63-64,66-107H2,1-3H3,(H,119,120)(H,121,122)/b10-7-,12-9-,19-16-,20-17-,21-18-,28-25-,29-26-,30-27-,37-34-,38-35-,39-36-,46-43-,47-44-,48-45-,65-62-. The lowest BCUT2D eigenvalue weighted by molar-refractivity contribution is -0.161. The van der Waals surface area contributed by atoms with Crippen LogP contribution in [-0.4, -0.2) is 95.9 Å². The van der Waals surface area contributed by atoms with Crippen molar-refractivity contribution in [3.8, 4) is 0 Å². The molecule has 0 aliphatic carbocycles. The summed E-state index contributed by atoms with van der Waals surface area (Å²) in [5, 5.41) is 20.8. The van der Waals surface area contributed by atoms with Crippen LogP contribution in [0.3, 0.4) is 0 Å². The quantitative estimate of drug-likeness (QED) is 0.0146. The minimum absolute atomic E-state index is 0.0953. The number of allylic oxidation sites excluding steroid dienone is 30. The van der Waals surface area contributed by atoms with Gasteiger partial charge in [0, 0.05) is 19.3 Å². The molecule has 0 fully saturated rings. The average Bonchev–Trinajstić information content (AvgIpc) is 0.896. The van der Waals surface area contributed by atoms with Gasteiger partial charge in [-0.05, 0) is 161 Å². The first-order valence-corrected chi connectivity index (χ1v) is 56.1. The molecular weight excluding hydrogens is 1680 g/mol. The number of phosphoric ester groups is 2. The fourth-order valence-corrected chi connectivity index (χ4v) is 16.2. The van der Waals surface area contributed by atoms with Crippen LogP contribution in [0, 0.1) is 0 Å². The number of ether oxygens (including phenoxy) is 3. The number of hydrogen-bond acceptors (Lipinski definition) is 14. The molecule has 752 valence electrons.